The third-order valence-corrected chi connectivity index (χ3v) is 3.33. The fraction of sp³-hybridized carbons (Fsp3) is 0.0625. The molecule has 2 aromatic heterocycles. The van der Waals surface area contributed by atoms with E-state index in [1.54, 1.807) is 17.7 Å². The number of anilines is 1. The first-order valence-electron chi connectivity index (χ1n) is 6.77. The largest absolute Gasteiger partial charge is 0.373 e. The highest BCUT2D eigenvalue weighted by atomic mass is 16.1. The summed E-state index contributed by atoms with van der Waals surface area (Å²) in [6.07, 6.45) is 3.32. The van der Waals surface area contributed by atoms with Crippen LogP contribution < -0.4 is 11.1 Å². The molecule has 22 heavy (non-hydrogen) atoms. The lowest BCUT2D eigenvalue weighted by Gasteiger charge is -2.05. The lowest BCUT2D eigenvalue weighted by atomic mass is 10.2. The molecular formula is C16H15N5O. The van der Waals surface area contributed by atoms with Gasteiger partial charge in [-0.2, -0.15) is 0 Å². The Bertz CT molecular complexity index is 810. The Morgan fingerprint density at radius 3 is 2.64 bits per heavy atom. The quantitative estimate of drug-likeness (QED) is 0.771. The molecule has 0 spiro atoms. The molecule has 0 bridgehead atoms. The highest BCUT2D eigenvalue weighted by Gasteiger charge is 2.14. The van der Waals surface area contributed by atoms with Gasteiger partial charge in [0.1, 0.15) is 17.8 Å². The Morgan fingerprint density at radius 1 is 1.18 bits per heavy atom. The predicted molar refractivity (Wildman–Crippen MR) is 84.9 cm³/mol. The molecule has 1 amide bonds. The summed E-state index contributed by atoms with van der Waals surface area (Å²) >= 11 is 0. The van der Waals surface area contributed by atoms with Crippen LogP contribution in [0, 0.1) is 0 Å². The highest BCUT2D eigenvalue weighted by Crippen LogP contribution is 2.24. The molecule has 2 heterocycles. The topological polar surface area (TPSA) is 85.8 Å². The third-order valence-electron chi connectivity index (χ3n) is 3.33. The SMILES string of the molecule is CNc1cc(-c2cc(C(N)=O)n(-c3ccccc3)c2)ncn1. The first-order chi connectivity index (χ1) is 10.7. The first kappa shape index (κ1) is 13.8. The Kier molecular flexibility index (Phi) is 3.57. The molecule has 3 N–H and O–H groups in total. The molecule has 3 rings (SSSR count). The molecule has 110 valence electrons. The van der Waals surface area contributed by atoms with Gasteiger partial charge < -0.3 is 15.6 Å². The molecule has 0 radical (unpaired) electrons. The molecule has 0 saturated heterocycles. The number of carbonyl (C=O) groups excluding carboxylic acids is 1. The van der Waals surface area contributed by atoms with Gasteiger partial charge in [-0.05, 0) is 18.2 Å². The zero-order valence-electron chi connectivity index (χ0n) is 12.0. The Balaban J connectivity index is 2.13. The summed E-state index contributed by atoms with van der Waals surface area (Å²) in [6, 6.07) is 13.1. The Morgan fingerprint density at radius 2 is 1.95 bits per heavy atom. The van der Waals surface area contributed by atoms with Gasteiger partial charge in [0.25, 0.3) is 5.91 Å². The number of nitrogens with zero attached hydrogens (tertiary/aromatic N) is 3. The van der Waals surface area contributed by atoms with E-state index in [2.05, 4.69) is 15.3 Å². The van der Waals surface area contributed by atoms with Crippen molar-refractivity contribution in [2.75, 3.05) is 12.4 Å². The zero-order chi connectivity index (χ0) is 15.5. The molecule has 0 atom stereocenters. The molecule has 0 aliphatic heterocycles. The van der Waals surface area contributed by atoms with Crippen molar-refractivity contribution >= 4 is 11.7 Å². The number of aromatic nitrogens is 3. The number of benzene rings is 1. The molecule has 0 aliphatic rings. The van der Waals surface area contributed by atoms with E-state index in [0.29, 0.717) is 11.5 Å². The van der Waals surface area contributed by atoms with E-state index in [4.69, 9.17) is 5.73 Å². The maximum absolute atomic E-state index is 11.7. The van der Waals surface area contributed by atoms with E-state index in [0.717, 1.165) is 16.9 Å². The van der Waals surface area contributed by atoms with Crippen molar-refractivity contribution in [3.05, 3.63) is 60.7 Å². The molecule has 6 heteroatoms. The van der Waals surface area contributed by atoms with E-state index >= 15 is 0 Å². The van der Waals surface area contributed by atoms with Crippen molar-refractivity contribution in [2.45, 2.75) is 0 Å². The maximum Gasteiger partial charge on any atom is 0.265 e. The smallest absolute Gasteiger partial charge is 0.265 e. The fourth-order valence-electron chi connectivity index (χ4n) is 2.25. The van der Waals surface area contributed by atoms with Crippen molar-refractivity contribution in [3.8, 4) is 16.9 Å². The van der Waals surface area contributed by atoms with Crippen molar-refractivity contribution in [1.82, 2.24) is 14.5 Å². The number of primary amides is 1. The maximum atomic E-state index is 11.7. The predicted octanol–water partition coefficient (Wildman–Crippen LogP) is 2.07. The number of nitrogens with two attached hydrogens (primary N) is 1. The second kappa shape index (κ2) is 5.69. The number of hydrogen-bond donors (Lipinski definition) is 2. The molecule has 0 saturated carbocycles. The van der Waals surface area contributed by atoms with Crippen LogP contribution in [0.1, 0.15) is 10.5 Å². The van der Waals surface area contributed by atoms with E-state index in [1.807, 2.05) is 42.6 Å². The van der Waals surface area contributed by atoms with E-state index in [-0.39, 0.29) is 0 Å². The van der Waals surface area contributed by atoms with Crippen LogP contribution in [0.4, 0.5) is 5.82 Å². The zero-order valence-corrected chi connectivity index (χ0v) is 12.0. The van der Waals surface area contributed by atoms with Crippen molar-refractivity contribution < 1.29 is 4.79 Å². The van der Waals surface area contributed by atoms with Crippen LogP contribution in [0.2, 0.25) is 0 Å². The number of nitrogens with one attached hydrogen (secondary N) is 1. The van der Waals surface area contributed by atoms with Gasteiger partial charge in [0, 0.05) is 30.6 Å². The minimum Gasteiger partial charge on any atom is -0.373 e. The highest BCUT2D eigenvalue weighted by molar-refractivity contribution is 5.93. The van der Waals surface area contributed by atoms with Gasteiger partial charge in [-0.25, -0.2) is 9.97 Å². The summed E-state index contributed by atoms with van der Waals surface area (Å²) in [5.74, 6) is 0.219. The van der Waals surface area contributed by atoms with Gasteiger partial charge in [-0.15, -0.1) is 0 Å². The van der Waals surface area contributed by atoms with Crippen molar-refractivity contribution in [1.29, 1.82) is 0 Å². The second-order valence-corrected chi connectivity index (χ2v) is 4.72. The summed E-state index contributed by atoms with van der Waals surface area (Å²) < 4.78 is 1.76. The van der Waals surface area contributed by atoms with Gasteiger partial charge in [-0.1, -0.05) is 18.2 Å². The molecule has 0 unspecified atom stereocenters. The van der Waals surface area contributed by atoms with Gasteiger partial charge in [-0.3, -0.25) is 4.79 Å². The summed E-state index contributed by atoms with van der Waals surface area (Å²) in [5, 5.41) is 2.96. The first-order valence-corrected chi connectivity index (χ1v) is 6.77. The molecule has 0 fully saturated rings. The second-order valence-electron chi connectivity index (χ2n) is 4.72. The number of amides is 1. The Labute approximate surface area is 127 Å². The number of carbonyl (C=O) groups is 1. The molecule has 0 aliphatic carbocycles. The van der Waals surface area contributed by atoms with Crippen LogP contribution in [0.25, 0.3) is 16.9 Å². The minimum atomic E-state index is -0.488. The lowest BCUT2D eigenvalue weighted by molar-refractivity contribution is 0.0994. The number of para-hydroxylation sites is 1. The van der Waals surface area contributed by atoms with E-state index in [1.165, 1.54) is 6.33 Å². The number of rotatable bonds is 4. The van der Waals surface area contributed by atoms with Crippen LogP contribution in [0.15, 0.2) is 55.0 Å². The van der Waals surface area contributed by atoms with E-state index < -0.39 is 5.91 Å². The van der Waals surface area contributed by atoms with Gasteiger partial charge in [0.05, 0.1) is 5.69 Å². The number of hydrogen-bond acceptors (Lipinski definition) is 4. The molecular weight excluding hydrogens is 278 g/mol. The van der Waals surface area contributed by atoms with Crippen LogP contribution in [-0.4, -0.2) is 27.5 Å². The summed E-state index contributed by atoms with van der Waals surface area (Å²) in [5.41, 5.74) is 8.29. The normalized spacial score (nSPS) is 10.4. The van der Waals surface area contributed by atoms with Gasteiger partial charge in [0.2, 0.25) is 0 Å². The van der Waals surface area contributed by atoms with Crippen LogP contribution in [0.3, 0.4) is 0 Å². The summed E-state index contributed by atoms with van der Waals surface area (Å²) in [4.78, 5) is 20.1. The van der Waals surface area contributed by atoms with Crippen molar-refractivity contribution in [2.24, 2.45) is 5.73 Å². The van der Waals surface area contributed by atoms with Gasteiger partial charge in [0.15, 0.2) is 0 Å². The van der Waals surface area contributed by atoms with E-state index in [9.17, 15) is 4.79 Å². The Hall–Kier alpha value is -3.15. The molecule has 3 aromatic rings. The monoisotopic (exact) mass is 293 g/mol. The summed E-state index contributed by atoms with van der Waals surface area (Å²) in [6.45, 7) is 0. The molecule has 6 nitrogen and oxygen atoms in total. The molecule has 1 aromatic carbocycles. The van der Waals surface area contributed by atoms with Crippen LogP contribution >= 0.6 is 0 Å². The average molecular weight is 293 g/mol. The average Bonchev–Trinajstić information content (AvgIpc) is 3.01. The minimum absolute atomic E-state index is 0.408. The standard InChI is InChI=1S/C16H15N5O/c1-18-15-8-13(19-10-20-15)11-7-14(16(17)22)21(9-11)12-5-3-2-4-6-12/h2-10H,1H3,(H2,17,22)(H,18,19,20). The van der Waals surface area contributed by atoms with Crippen molar-refractivity contribution in [3.63, 3.8) is 0 Å². The fourth-order valence-corrected chi connectivity index (χ4v) is 2.25. The van der Waals surface area contributed by atoms with Crippen LogP contribution in [0.5, 0.6) is 0 Å². The lowest BCUT2D eigenvalue weighted by Crippen LogP contribution is -2.15. The van der Waals surface area contributed by atoms with Crippen LogP contribution in [-0.2, 0) is 0 Å². The van der Waals surface area contributed by atoms with Gasteiger partial charge >= 0.3 is 0 Å². The third kappa shape index (κ3) is 2.54. The summed E-state index contributed by atoms with van der Waals surface area (Å²) in [7, 11) is 1.79.